The predicted octanol–water partition coefficient (Wildman–Crippen LogP) is 2.09. The number of morpholine rings is 1. The van der Waals surface area contributed by atoms with Crippen molar-refractivity contribution in [3.8, 4) is 5.75 Å². The van der Waals surface area contributed by atoms with E-state index >= 15 is 0 Å². The summed E-state index contributed by atoms with van der Waals surface area (Å²) in [6.07, 6.45) is -0.429. The molecule has 116 valence electrons. The number of rotatable bonds is 4. The summed E-state index contributed by atoms with van der Waals surface area (Å²) in [4.78, 5) is 13.8. The topological polar surface area (TPSA) is 59.0 Å². The Hall–Kier alpha value is -0.820. The van der Waals surface area contributed by atoms with Crippen molar-refractivity contribution >= 4 is 33.4 Å². The Bertz CT molecular complexity index is 514. The molecular formula is C14H17BrClNO4. The molecule has 1 N–H and O–H groups in total. The average molecular weight is 379 g/mol. The van der Waals surface area contributed by atoms with Gasteiger partial charge in [0.1, 0.15) is 5.75 Å². The number of amides is 1. The van der Waals surface area contributed by atoms with E-state index in [9.17, 15) is 4.79 Å². The third-order valence-corrected chi connectivity index (χ3v) is 3.98. The van der Waals surface area contributed by atoms with Crippen LogP contribution in [0.2, 0.25) is 5.02 Å². The molecule has 1 aliphatic rings. The van der Waals surface area contributed by atoms with Crippen LogP contribution in [0.1, 0.15) is 6.92 Å². The van der Waals surface area contributed by atoms with Crippen molar-refractivity contribution in [2.75, 3.05) is 26.3 Å². The van der Waals surface area contributed by atoms with Crippen molar-refractivity contribution in [2.45, 2.75) is 19.1 Å². The number of carbonyl (C=O) groups is 1. The number of benzene rings is 1. The molecule has 7 heteroatoms. The molecule has 0 radical (unpaired) electrons. The molecule has 2 rings (SSSR count). The zero-order valence-corrected chi connectivity index (χ0v) is 13.9. The van der Waals surface area contributed by atoms with Gasteiger partial charge in [-0.2, -0.15) is 0 Å². The summed E-state index contributed by atoms with van der Waals surface area (Å²) in [6, 6.07) is 5.11. The first kappa shape index (κ1) is 16.5. The number of aliphatic hydroxyl groups excluding tert-OH is 1. The monoisotopic (exact) mass is 377 g/mol. The zero-order chi connectivity index (χ0) is 15.4. The quantitative estimate of drug-likeness (QED) is 0.871. The summed E-state index contributed by atoms with van der Waals surface area (Å²) in [5.74, 6) is 0.429. The van der Waals surface area contributed by atoms with E-state index in [1.165, 1.54) is 0 Å². The minimum Gasteiger partial charge on any atom is -0.483 e. The summed E-state index contributed by atoms with van der Waals surface area (Å²) in [5, 5.41) is 9.76. The molecule has 0 saturated carbocycles. The van der Waals surface area contributed by atoms with Crippen LogP contribution in [0, 0.1) is 0 Å². The number of nitrogens with zero attached hydrogens (tertiary/aromatic N) is 1. The van der Waals surface area contributed by atoms with Gasteiger partial charge in [-0.1, -0.05) is 11.6 Å². The van der Waals surface area contributed by atoms with Gasteiger partial charge in [-0.3, -0.25) is 4.79 Å². The van der Waals surface area contributed by atoms with Gasteiger partial charge in [-0.15, -0.1) is 0 Å². The summed E-state index contributed by atoms with van der Waals surface area (Å²) in [7, 11) is 0. The van der Waals surface area contributed by atoms with Crippen LogP contribution in [0.15, 0.2) is 22.7 Å². The number of ether oxygens (including phenoxy) is 2. The highest BCUT2D eigenvalue weighted by Crippen LogP contribution is 2.28. The van der Waals surface area contributed by atoms with Gasteiger partial charge < -0.3 is 19.5 Å². The Kier molecular flexibility index (Phi) is 5.87. The number of hydrogen-bond donors (Lipinski definition) is 1. The van der Waals surface area contributed by atoms with Crippen LogP contribution < -0.4 is 4.74 Å². The van der Waals surface area contributed by atoms with E-state index in [1.54, 1.807) is 23.1 Å². The van der Waals surface area contributed by atoms with E-state index in [0.717, 1.165) is 0 Å². The molecule has 5 nitrogen and oxygen atoms in total. The Labute approximate surface area is 136 Å². The fourth-order valence-electron chi connectivity index (χ4n) is 2.17. The summed E-state index contributed by atoms with van der Waals surface area (Å²) < 4.78 is 11.7. The minimum atomic E-state index is -0.333. The van der Waals surface area contributed by atoms with E-state index < -0.39 is 0 Å². The highest BCUT2D eigenvalue weighted by molar-refractivity contribution is 9.10. The number of carbonyl (C=O) groups excluding carboxylic acids is 1. The molecule has 0 aliphatic carbocycles. The number of aliphatic hydroxyl groups is 1. The highest BCUT2D eigenvalue weighted by atomic mass is 79.9. The second-order valence-corrected chi connectivity index (χ2v) is 6.20. The third-order valence-electron chi connectivity index (χ3n) is 3.13. The van der Waals surface area contributed by atoms with Crippen molar-refractivity contribution < 1.29 is 19.4 Å². The SMILES string of the molecule is CC1CN(C(=O)COc2ccc(Cl)cc2Br)CC(CO)O1. The summed E-state index contributed by atoms with van der Waals surface area (Å²) in [6.45, 7) is 2.59. The smallest absolute Gasteiger partial charge is 0.260 e. The lowest BCUT2D eigenvalue weighted by atomic mass is 10.2. The Morgan fingerprint density at radius 3 is 3.00 bits per heavy atom. The van der Waals surface area contributed by atoms with Gasteiger partial charge in [0.05, 0.1) is 23.3 Å². The van der Waals surface area contributed by atoms with Crippen molar-refractivity contribution in [3.05, 3.63) is 27.7 Å². The lowest BCUT2D eigenvalue weighted by molar-refractivity contribution is -0.149. The lowest BCUT2D eigenvalue weighted by Crippen LogP contribution is -2.51. The van der Waals surface area contributed by atoms with E-state index in [2.05, 4.69) is 15.9 Å². The molecule has 2 unspecified atom stereocenters. The Morgan fingerprint density at radius 1 is 1.57 bits per heavy atom. The molecule has 1 saturated heterocycles. The summed E-state index contributed by atoms with van der Waals surface area (Å²) in [5.41, 5.74) is 0. The molecule has 1 amide bonds. The van der Waals surface area contributed by atoms with Gasteiger partial charge in [0.2, 0.25) is 0 Å². The maximum Gasteiger partial charge on any atom is 0.260 e. The molecule has 21 heavy (non-hydrogen) atoms. The van der Waals surface area contributed by atoms with Crippen LogP contribution in [0.25, 0.3) is 0 Å². The molecule has 1 aromatic carbocycles. The number of hydrogen-bond acceptors (Lipinski definition) is 4. The molecular weight excluding hydrogens is 362 g/mol. The lowest BCUT2D eigenvalue weighted by Gasteiger charge is -2.36. The van der Waals surface area contributed by atoms with Crippen LogP contribution in [-0.2, 0) is 9.53 Å². The highest BCUT2D eigenvalue weighted by Gasteiger charge is 2.28. The van der Waals surface area contributed by atoms with E-state index in [0.29, 0.717) is 28.3 Å². The first-order chi connectivity index (χ1) is 9.99. The standard InChI is InChI=1S/C14H17BrClNO4/c1-9-5-17(6-11(7-18)21-9)14(19)8-20-13-3-2-10(16)4-12(13)15/h2-4,9,11,18H,5-8H2,1H3. The molecule has 0 bridgehead atoms. The second kappa shape index (κ2) is 7.45. The van der Waals surface area contributed by atoms with Gasteiger partial charge in [0.15, 0.2) is 6.61 Å². The molecule has 0 aromatic heterocycles. The third kappa shape index (κ3) is 4.57. The molecule has 1 heterocycles. The maximum atomic E-state index is 12.2. The fourth-order valence-corrected chi connectivity index (χ4v) is 2.97. The van der Waals surface area contributed by atoms with E-state index in [-0.39, 0.29) is 31.3 Å². The molecule has 0 spiro atoms. The van der Waals surface area contributed by atoms with Crippen LogP contribution in [0.5, 0.6) is 5.75 Å². The minimum absolute atomic E-state index is 0.0644. The zero-order valence-electron chi connectivity index (χ0n) is 11.6. The van der Waals surface area contributed by atoms with Gasteiger partial charge in [0.25, 0.3) is 5.91 Å². The van der Waals surface area contributed by atoms with E-state index in [1.807, 2.05) is 6.92 Å². The fraction of sp³-hybridized carbons (Fsp3) is 0.500. The Balaban J connectivity index is 1.92. The first-order valence-corrected chi connectivity index (χ1v) is 7.78. The van der Waals surface area contributed by atoms with Crippen molar-refractivity contribution in [3.63, 3.8) is 0 Å². The van der Waals surface area contributed by atoms with Gasteiger partial charge >= 0.3 is 0 Å². The summed E-state index contributed by atoms with van der Waals surface area (Å²) >= 11 is 9.19. The largest absolute Gasteiger partial charge is 0.483 e. The van der Waals surface area contributed by atoms with Crippen molar-refractivity contribution in [1.82, 2.24) is 4.90 Å². The van der Waals surface area contributed by atoms with Gasteiger partial charge in [0, 0.05) is 18.1 Å². The van der Waals surface area contributed by atoms with E-state index in [4.69, 9.17) is 26.2 Å². The second-order valence-electron chi connectivity index (χ2n) is 4.91. The average Bonchev–Trinajstić information content (AvgIpc) is 2.45. The maximum absolute atomic E-state index is 12.2. The normalized spacial score (nSPS) is 22.2. The van der Waals surface area contributed by atoms with Crippen LogP contribution in [0.4, 0.5) is 0 Å². The van der Waals surface area contributed by atoms with Crippen LogP contribution in [0.3, 0.4) is 0 Å². The van der Waals surface area contributed by atoms with Gasteiger partial charge in [-0.25, -0.2) is 0 Å². The molecule has 1 aliphatic heterocycles. The van der Waals surface area contributed by atoms with Gasteiger partial charge in [-0.05, 0) is 41.1 Å². The molecule has 1 fully saturated rings. The van der Waals surface area contributed by atoms with Crippen molar-refractivity contribution in [2.24, 2.45) is 0 Å². The Morgan fingerprint density at radius 2 is 2.33 bits per heavy atom. The molecule has 2 atom stereocenters. The van der Waals surface area contributed by atoms with Crippen LogP contribution in [-0.4, -0.2) is 54.4 Å². The first-order valence-electron chi connectivity index (χ1n) is 6.61. The van der Waals surface area contributed by atoms with Crippen molar-refractivity contribution in [1.29, 1.82) is 0 Å². The molecule has 1 aromatic rings. The number of halogens is 2. The predicted molar refractivity (Wildman–Crippen MR) is 82.6 cm³/mol. The van der Waals surface area contributed by atoms with Crippen LogP contribution >= 0.6 is 27.5 Å².